The molecular formula is C30H31F3O2. The van der Waals surface area contributed by atoms with E-state index in [4.69, 9.17) is 9.47 Å². The lowest BCUT2D eigenvalue weighted by Crippen LogP contribution is -2.23. The fourth-order valence-corrected chi connectivity index (χ4v) is 4.44. The van der Waals surface area contributed by atoms with Crippen molar-refractivity contribution in [3.05, 3.63) is 89.8 Å². The lowest BCUT2D eigenvalue weighted by molar-refractivity contribution is 0.0326. The van der Waals surface area contributed by atoms with Crippen molar-refractivity contribution >= 4 is 0 Å². The van der Waals surface area contributed by atoms with Gasteiger partial charge in [-0.1, -0.05) is 61.9 Å². The number of ether oxygens (including phenoxy) is 2. The van der Waals surface area contributed by atoms with Crippen LogP contribution in [0.1, 0.15) is 51.0 Å². The van der Waals surface area contributed by atoms with Gasteiger partial charge in [-0.2, -0.15) is 4.39 Å². The molecule has 1 heterocycles. The van der Waals surface area contributed by atoms with Gasteiger partial charge in [-0.3, -0.25) is 0 Å². The molecule has 2 unspecified atom stereocenters. The highest BCUT2D eigenvalue weighted by Crippen LogP contribution is 2.34. The van der Waals surface area contributed by atoms with Crippen LogP contribution in [0.25, 0.3) is 22.3 Å². The molecule has 0 spiro atoms. The average Bonchev–Trinajstić information content (AvgIpc) is 2.88. The normalized spacial score (nSPS) is 18.2. The smallest absolute Gasteiger partial charge is 0.201 e. The van der Waals surface area contributed by atoms with Crippen LogP contribution in [0.4, 0.5) is 13.2 Å². The van der Waals surface area contributed by atoms with Gasteiger partial charge in [0, 0.05) is 17.0 Å². The summed E-state index contributed by atoms with van der Waals surface area (Å²) in [5, 5.41) is 0. The van der Waals surface area contributed by atoms with E-state index < -0.39 is 11.6 Å². The second-order valence-corrected chi connectivity index (χ2v) is 8.93. The highest BCUT2D eigenvalue weighted by molar-refractivity contribution is 5.71. The molecule has 184 valence electrons. The zero-order chi connectivity index (χ0) is 24.8. The van der Waals surface area contributed by atoms with Gasteiger partial charge in [0.05, 0.1) is 19.3 Å². The van der Waals surface area contributed by atoms with Crippen LogP contribution in [0.2, 0.25) is 0 Å². The molecule has 0 aliphatic carbocycles. The standard InChI is InChI=1S/C30H31F3O2/c1-3-5-17-34-28-16-15-26(29(32)30(28)33)21-9-7-20(8-10-21)25-14-12-22(18-27(25)31)23-11-13-24(6-4-2)35-19-23/h4,6-10,12,14-16,18,23-24H,3,5,11,13,17,19H2,1-2H3/b6-4+. The number of allylic oxidation sites excluding steroid dienone is 1. The van der Waals surface area contributed by atoms with Crippen LogP contribution in [0, 0.1) is 17.5 Å². The van der Waals surface area contributed by atoms with E-state index >= 15 is 4.39 Å². The van der Waals surface area contributed by atoms with E-state index in [0.717, 1.165) is 31.2 Å². The summed E-state index contributed by atoms with van der Waals surface area (Å²) in [6.45, 7) is 4.90. The molecule has 35 heavy (non-hydrogen) atoms. The SMILES string of the molecule is C/C=C/C1CCC(c2ccc(-c3ccc(-c4ccc(OCCCC)c(F)c4F)cc3)c(F)c2)CO1. The van der Waals surface area contributed by atoms with Crippen molar-refractivity contribution in [1.82, 2.24) is 0 Å². The first-order chi connectivity index (χ1) is 17.0. The molecule has 0 N–H and O–H groups in total. The fourth-order valence-electron chi connectivity index (χ4n) is 4.44. The summed E-state index contributed by atoms with van der Waals surface area (Å²) in [6.07, 6.45) is 7.74. The minimum Gasteiger partial charge on any atom is -0.490 e. The predicted octanol–water partition coefficient (Wildman–Crippen LogP) is 8.46. The van der Waals surface area contributed by atoms with E-state index in [9.17, 15) is 8.78 Å². The Bertz CT molecular complexity index is 1160. The Balaban J connectivity index is 1.49. The third-order valence-corrected chi connectivity index (χ3v) is 6.49. The van der Waals surface area contributed by atoms with Crippen molar-refractivity contribution in [2.24, 2.45) is 0 Å². The summed E-state index contributed by atoms with van der Waals surface area (Å²) < 4.78 is 55.4. The summed E-state index contributed by atoms with van der Waals surface area (Å²) in [7, 11) is 0. The van der Waals surface area contributed by atoms with Gasteiger partial charge in [0.2, 0.25) is 5.82 Å². The Hall–Kier alpha value is -3.05. The predicted molar refractivity (Wildman–Crippen MR) is 134 cm³/mol. The Morgan fingerprint density at radius 2 is 1.63 bits per heavy atom. The van der Waals surface area contributed by atoms with Crippen LogP contribution >= 0.6 is 0 Å². The van der Waals surface area contributed by atoms with Crippen molar-refractivity contribution in [3.63, 3.8) is 0 Å². The molecule has 0 radical (unpaired) electrons. The van der Waals surface area contributed by atoms with Gasteiger partial charge in [0.1, 0.15) is 5.82 Å². The maximum Gasteiger partial charge on any atom is 0.201 e. The van der Waals surface area contributed by atoms with Crippen LogP contribution in [0.5, 0.6) is 5.75 Å². The van der Waals surface area contributed by atoms with E-state index in [2.05, 4.69) is 6.08 Å². The van der Waals surface area contributed by atoms with E-state index in [0.29, 0.717) is 29.9 Å². The molecule has 2 nitrogen and oxygen atoms in total. The van der Waals surface area contributed by atoms with Crippen molar-refractivity contribution in [1.29, 1.82) is 0 Å². The topological polar surface area (TPSA) is 18.5 Å². The number of benzene rings is 3. The largest absolute Gasteiger partial charge is 0.490 e. The lowest BCUT2D eigenvalue weighted by atomic mass is 9.89. The first-order valence-electron chi connectivity index (χ1n) is 12.3. The molecule has 5 heteroatoms. The number of unbranched alkanes of at least 4 members (excludes halogenated alkanes) is 1. The third kappa shape index (κ3) is 5.79. The molecule has 0 aromatic heterocycles. The molecular weight excluding hydrogens is 449 g/mol. The maximum atomic E-state index is 15.0. The van der Waals surface area contributed by atoms with Crippen molar-refractivity contribution < 1.29 is 22.6 Å². The molecule has 1 saturated heterocycles. The highest BCUT2D eigenvalue weighted by Gasteiger charge is 2.22. The molecule has 3 aromatic rings. The zero-order valence-corrected chi connectivity index (χ0v) is 20.2. The number of rotatable bonds is 8. The Kier molecular flexibility index (Phi) is 8.29. The number of hydrogen-bond donors (Lipinski definition) is 0. The van der Waals surface area contributed by atoms with Crippen LogP contribution in [-0.4, -0.2) is 19.3 Å². The highest BCUT2D eigenvalue weighted by atomic mass is 19.2. The number of hydrogen-bond acceptors (Lipinski definition) is 2. The Morgan fingerprint density at radius 1 is 0.914 bits per heavy atom. The van der Waals surface area contributed by atoms with E-state index in [1.807, 2.05) is 26.0 Å². The van der Waals surface area contributed by atoms with Crippen LogP contribution < -0.4 is 4.74 Å². The summed E-state index contributed by atoms with van der Waals surface area (Å²) in [4.78, 5) is 0. The van der Waals surface area contributed by atoms with Crippen LogP contribution in [0.15, 0.2) is 66.7 Å². The van der Waals surface area contributed by atoms with Gasteiger partial charge < -0.3 is 9.47 Å². The Labute approximate surface area is 205 Å². The van der Waals surface area contributed by atoms with Gasteiger partial charge >= 0.3 is 0 Å². The van der Waals surface area contributed by atoms with Gasteiger partial charge in [-0.05, 0) is 61.1 Å². The molecule has 3 aromatic carbocycles. The van der Waals surface area contributed by atoms with Crippen molar-refractivity contribution in [2.75, 3.05) is 13.2 Å². The molecule has 2 atom stereocenters. The first kappa shape index (κ1) is 25.1. The first-order valence-corrected chi connectivity index (χ1v) is 12.3. The van der Waals surface area contributed by atoms with Gasteiger partial charge in [0.25, 0.3) is 0 Å². The summed E-state index contributed by atoms with van der Waals surface area (Å²) in [5.41, 5.74) is 2.72. The quantitative estimate of drug-likeness (QED) is 0.238. The van der Waals surface area contributed by atoms with Crippen molar-refractivity contribution in [3.8, 4) is 28.0 Å². The van der Waals surface area contributed by atoms with Gasteiger partial charge in [-0.25, -0.2) is 8.78 Å². The molecule has 4 rings (SSSR count). The second-order valence-electron chi connectivity index (χ2n) is 8.93. The fraction of sp³-hybridized carbons (Fsp3) is 0.333. The van der Waals surface area contributed by atoms with E-state index in [1.165, 1.54) is 12.1 Å². The van der Waals surface area contributed by atoms with Gasteiger partial charge in [0.15, 0.2) is 11.6 Å². The molecule has 0 saturated carbocycles. The van der Waals surface area contributed by atoms with Crippen LogP contribution in [0.3, 0.4) is 0 Å². The van der Waals surface area contributed by atoms with Crippen molar-refractivity contribution in [2.45, 2.75) is 51.6 Å². The molecule has 1 fully saturated rings. The van der Waals surface area contributed by atoms with E-state index in [1.54, 1.807) is 36.4 Å². The zero-order valence-electron chi connectivity index (χ0n) is 20.2. The second kappa shape index (κ2) is 11.6. The molecule has 1 aliphatic heterocycles. The summed E-state index contributed by atoms with van der Waals surface area (Å²) in [5.74, 6) is -2.16. The molecule has 0 amide bonds. The maximum absolute atomic E-state index is 15.0. The average molecular weight is 481 g/mol. The van der Waals surface area contributed by atoms with E-state index in [-0.39, 0.29) is 29.2 Å². The minimum absolute atomic E-state index is 0.0841. The lowest BCUT2D eigenvalue weighted by Gasteiger charge is -2.28. The summed E-state index contributed by atoms with van der Waals surface area (Å²) >= 11 is 0. The monoisotopic (exact) mass is 480 g/mol. The van der Waals surface area contributed by atoms with Gasteiger partial charge in [-0.15, -0.1) is 0 Å². The minimum atomic E-state index is -0.993. The summed E-state index contributed by atoms with van der Waals surface area (Å²) in [6, 6.07) is 15.1. The molecule has 1 aliphatic rings. The Morgan fingerprint density at radius 3 is 2.26 bits per heavy atom. The van der Waals surface area contributed by atoms with Crippen LogP contribution in [-0.2, 0) is 4.74 Å². The molecule has 0 bridgehead atoms. The third-order valence-electron chi connectivity index (χ3n) is 6.49. The number of halogens is 3.